The predicted octanol–water partition coefficient (Wildman–Crippen LogP) is 2.58. The molecule has 0 bridgehead atoms. The van der Waals surface area contributed by atoms with E-state index in [1.54, 1.807) is 20.8 Å². The number of nitrogens with zero attached hydrogens (tertiary/aromatic N) is 1. The largest absolute Gasteiger partial charge is 0.457 e. The molecule has 0 fully saturated rings. The number of unbranched alkanes of at least 4 members (excludes halogenated alkanes) is 1. The third kappa shape index (κ3) is 4.47. The highest BCUT2D eigenvalue weighted by Crippen LogP contribution is 2.24. The second-order valence-electron chi connectivity index (χ2n) is 7.04. The zero-order chi connectivity index (χ0) is 19.5. The molecule has 26 heavy (non-hydrogen) atoms. The number of ether oxygens (including phenoxy) is 2. The van der Waals surface area contributed by atoms with E-state index in [1.165, 1.54) is 23.1 Å². The molecule has 140 valence electrons. The van der Waals surface area contributed by atoms with Gasteiger partial charge in [-0.3, -0.25) is 14.5 Å². The lowest BCUT2D eigenvalue weighted by molar-refractivity contribution is -0.158. The maximum atomic E-state index is 12.4. The summed E-state index contributed by atoms with van der Waals surface area (Å²) in [7, 11) is 0. The molecule has 1 aliphatic heterocycles. The van der Waals surface area contributed by atoms with Gasteiger partial charge in [0.1, 0.15) is 5.60 Å². The summed E-state index contributed by atoms with van der Waals surface area (Å²) in [5, 5.41) is 0. The molecule has 1 aromatic rings. The molecule has 0 unspecified atom stereocenters. The fourth-order valence-electron chi connectivity index (χ4n) is 2.52. The number of amides is 2. The van der Waals surface area contributed by atoms with E-state index in [0.29, 0.717) is 6.54 Å². The number of rotatable bonds is 6. The van der Waals surface area contributed by atoms with Crippen molar-refractivity contribution in [2.75, 3.05) is 13.2 Å². The minimum atomic E-state index is -0.758. The SMILES string of the molecule is CCCCN1C(=O)c2ccc(C(=O)OCC(=O)OC(C)(C)C)cc2C1=O. The standard InChI is InChI=1S/C19H23NO6/c1-5-6-9-20-16(22)13-8-7-12(10-14(13)17(20)23)18(24)25-11-15(21)26-19(2,3)4/h7-8,10H,5-6,9,11H2,1-4H3. The van der Waals surface area contributed by atoms with Gasteiger partial charge in [0, 0.05) is 6.54 Å². The van der Waals surface area contributed by atoms with Crippen LogP contribution in [0.15, 0.2) is 18.2 Å². The molecule has 0 spiro atoms. The Bertz CT molecular complexity index is 747. The molecule has 0 atom stereocenters. The van der Waals surface area contributed by atoms with Crippen LogP contribution in [0.2, 0.25) is 0 Å². The number of carbonyl (C=O) groups excluding carboxylic acids is 4. The van der Waals surface area contributed by atoms with Crippen molar-refractivity contribution in [3.63, 3.8) is 0 Å². The summed E-state index contributed by atoms with van der Waals surface area (Å²) in [6.45, 7) is 6.92. The first kappa shape index (κ1) is 19.6. The van der Waals surface area contributed by atoms with Gasteiger partial charge in [-0.2, -0.15) is 0 Å². The first-order valence-electron chi connectivity index (χ1n) is 8.53. The molecule has 1 aromatic carbocycles. The van der Waals surface area contributed by atoms with Crippen molar-refractivity contribution in [3.05, 3.63) is 34.9 Å². The molecule has 1 heterocycles. The predicted molar refractivity (Wildman–Crippen MR) is 92.8 cm³/mol. The number of imide groups is 1. The third-order valence-electron chi connectivity index (χ3n) is 3.68. The fraction of sp³-hybridized carbons (Fsp3) is 0.474. The van der Waals surface area contributed by atoms with E-state index < -0.39 is 30.1 Å². The van der Waals surface area contributed by atoms with Gasteiger partial charge in [-0.05, 0) is 45.4 Å². The summed E-state index contributed by atoms with van der Waals surface area (Å²) in [6, 6.07) is 4.18. The smallest absolute Gasteiger partial charge is 0.344 e. The number of fused-ring (bicyclic) bond motifs is 1. The average Bonchev–Trinajstić information content (AvgIpc) is 2.80. The van der Waals surface area contributed by atoms with E-state index in [1.807, 2.05) is 6.92 Å². The van der Waals surface area contributed by atoms with Crippen LogP contribution in [0, 0.1) is 0 Å². The summed E-state index contributed by atoms with van der Waals surface area (Å²) >= 11 is 0. The van der Waals surface area contributed by atoms with Gasteiger partial charge in [0.15, 0.2) is 6.61 Å². The molecule has 7 nitrogen and oxygen atoms in total. The summed E-state index contributed by atoms with van der Waals surface area (Å²) in [6.07, 6.45) is 1.58. The van der Waals surface area contributed by atoms with E-state index in [2.05, 4.69) is 0 Å². The summed E-state index contributed by atoms with van der Waals surface area (Å²) in [5.74, 6) is -2.19. The Morgan fingerprint density at radius 3 is 2.35 bits per heavy atom. The van der Waals surface area contributed by atoms with Crippen molar-refractivity contribution in [1.82, 2.24) is 4.90 Å². The zero-order valence-corrected chi connectivity index (χ0v) is 15.5. The van der Waals surface area contributed by atoms with Gasteiger partial charge >= 0.3 is 11.9 Å². The Kier molecular flexibility index (Phi) is 5.79. The van der Waals surface area contributed by atoms with Crippen LogP contribution in [0.1, 0.15) is 71.6 Å². The number of hydrogen-bond acceptors (Lipinski definition) is 6. The summed E-state index contributed by atoms with van der Waals surface area (Å²) < 4.78 is 9.99. The monoisotopic (exact) mass is 361 g/mol. The maximum absolute atomic E-state index is 12.4. The molecule has 0 saturated carbocycles. The lowest BCUT2D eigenvalue weighted by Crippen LogP contribution is -2.30. The highest BCUT2D eigenvalue weighted by Gasteiger charge is 2.35. The molecular formula is C19H23NO6. The number of hydrogen-bond donors (Lipinski definition) is 0. The summed E-state index contributed by atoms with van der Waals surface area (Å²) in [4.78, 5) is 49.6. The number of benzene rings is 1. The van der Waals surface area contributed by atoms with Crippen LogP contribution in [0.4, 0.5) is 0 Å². The lowest BCUT2D eigenvalue weighted by Gasteiger charge is -2.19. The van der Waals surface area contributed by atoms with Crippen LogP contribution < -0.4 is 0 Å². The van der Waals surface area contributed by atoms with Crippen molar-refractivity contribution < 1.29 is 28.7 Å². The Morgan fingerprint density at radius 1 is 1.08 bits per heavy atom. The van der Waals surface area contributed by atoms with Gasteiger partial charge in [-0.1, -0.05) is 13.3 Å². The van der Waals surface area contributed by atoms with Crippen LogP contribution in [0.3, 0.4) is 0 Å². The molecule has 0 N–H and O–H groups in total. The molecule has 2 rings (SSSR count). The minimum absolute atomic E-state index is 0.103. The molecule has 0 saturated heterocycles. The fourth-order valence-corrected chi connectivity index (χ4v) is 2.52. The zero-order valence-electron chi connectivity index (χ0n) is 15.5. The first-order valence-corrected chi connectivity index (χ1v) is 8.53. The van der Waals surface area contributed by atoms with Crippen molar-refractivity contribution >= 4 is 23.8 Å². The van der Waals surface area contributed by atoms with E-state index in [4.69, 9.17) is 9.47 Å². The van der Waals surface area contributed by atoms with Crippen LogP contribution in [-0.2, 0) is 14.3 Å². The minimum Gasteiger partial charge on any atom is -0.457 e. The molecular weight excluding hydrogens is 338 g/mol. The topological polar surface area (TPSA) is 90.0 Å². The van der Waals surface area contributed by atoms with Gasteiger partial charge in [0.05, 0.1) is 16.7 Å². The van der Waals surface area contributed by atoms with E-state index in [-0.39, 0.29) is 22.6 Å². The average molecular weight is 361 g/mol. The Labute approximate surface area is 152 Å². The lowest BCUT2D eigenvalue weighted by atomic mass is 10.1. The molecule has 0 radical (unpaired) electrons. The first-order chi connectivity index (χ1) is 12.1. The van der Waals surface area contributed by atoms with Crippen molar-refractivity contribution in [1.29, 1.82) is 0 Å². The van der Waals surface area contributed by atoms with Gasteiger partial charge in [0.2, 0.25) is 0 Å². The van der Waals surface area contributed by atoms with E-state index in [0.717, 1.165) is 12.8 Å². The van der Waals surface area contributed by atoms with Gasteiger partial charge in [-0.25, -0.2) is 9.59 Å². The second-order valence-corrected chi connectivity index (χ2v) is 7.04. The molecule has 2 amide bonds. The molecule has 1 aliphatic rings. The van der Waals surface area contributed by atoms with Crippen LogP contribution in [0.5, 0.6) is 0 Å². The van der Waals surface area contributed by atoms with E-state index >= 15 is 0 Å². The van der Waals surface area contributed by atoms with Crippen LogP contribution in [-0.4, -0.2) is 47.4 Å². The van der Waals surface area contributed by atoms with Crippen molar-refractivity contribution in [3.8, 4) is 0 Å². The quantitative estimate of drug-likeness (QED) is 0.571. The summed E-state index contributed by atoms with van der Waals surface area (Å²) in [5.41, 5.74) is -0.121. The van der Waals surface area contributed by atoms with Crippen LogP contribution in [0.25, 0.3) is 0 Å². The van der Waals surface area contributed by atoms with Crippen molar-refractivity contribution in [2.45, 2.75) is 46.1 Å². The van der Waals surface area contributed by atoms with Crippen LogP contribution >= 0.6 is 0 Å². The molecule has 0 aliphatic carbocycles. The number of carbonyl (C=O) groups is 4. The second kappa shape index (κ2) is 7.68. The number of esters is 2. The molecule has 7 heteroatoms. The highest BCUT2D eigenvalue weighted by atomic mass is 16.6. The Hall–Kier alpha value is -2.70. The Balaban J connectivity index is 2.07. The normalized spacial score (nSPS) is 13.6. The van der Waals surface area contributed by atoms with Crippen molar-refractivity contribution in [2.24, 2.45) is 0 Å². The van der Waals surface area contributed by atoms with Gasteiger partial charge < -0.3 is 9.47 Å². The van der Waals surface area contributed by atoms with Gasteiger partial charge in [-0.15, -0.1) is 0 Å². The maximum Gasteiger partial charge on any atom is 0.344 e. The molecule has 0 aromatic heterocycles. The van der Waals surface area contributed by atoms with E-state index in [9.17, 15) is 19.2 Å². The highest BCUT2D eigenvalue weighted by molar-refractivity contribution is 6.21. The third-order valence-corrected chi connectivity index (χ3v) is 3.68. The van der Waals surface area contributed by atoms with Gasteiger partial charge in [0.25, 0.3) is 11.8 Å². The Morgan fingerprint density at radius 2 is 1.73 bits per heavy atom.